The number of piperidine rings is 1. The number of hydrogen-bond acceptors (Lipinski definition) is 16. The van der Waals surface area contributed by atoms with Crippen LogP contribution in [0.15, 0.2) is 198 Å². The summed E-state index contributed by atoms with van der Waals surface area (Å²) in [5.41, 5.74) is 20.3. The van der Waals surface area contributed by atoms with Gasteiger partial charge in [-0.2, -0.15) is 5.10 Å². The maximum Gasteiger partial charge on any atom is 0.181 e. The van der Waals surface area contributed by atoms with Crippen LogP contribution in [0.3, 0.4) is 0 Å². The van der Waals surface area contributed by atoms with Crippen molar-refractivity contribution in [1.82, 2.24) is 65.0 Å². The molecule has 3 N–H and O–H groups in total. The average molecular weight is 1710 g/mol. The molecular formula is C106H160N14O3S. The van der Waals surface area contributed by atoms with Gasteiger partial charge in [-0.25, -0.2) is 15.0 Å². The maximum absolute atomic E-state index is 5.43. The fourth-order valence-electron chi connectivity index (χ4n) is 15.0. The van der Waals surface area contributed by atoms with Crippen molar-refractivity contribution in [1.29, 1.82) is 0 Å². The third kappa shape index (κ3) is 37.9. The van der Waals surface area contributed by atoms with Gasteiger partial charge < -0.3 is 38.6 Å². The Labute approximate surface area is 753 Å². The lowest BCUT2D eigenvalue weighted by molar-refractivity contribution is 0.172. The highest BCUT2D eigenvalue weighted by Gasteiger charge is 2.23. The van der Waals surface area contributed by atoms with Crippen LogP contribution in [0.1, 0.15) is 335 Å². The number of benzene rings is 5. The summed E-state index contributed by atoms with van der Waals surface area (Å²) in [5, 5.41) is 9.96. The number of ether oxygens (including phenoxy) is 1. The lowest BCUT2D eigenvalue weighted by Crippen LogP contribution is -2.42. The van der Waals surface area contributed by atoms with E-state index >= 15 is 0 Å². The van der Waals surface area contributed by atoms with Gasteiger partial charge in [-0.3, -0.25) is 24.9 Å². The third-order valence-electron chi connectivity index (χ3n) is 23.6. The first-order valence-electron chi connectivity index (χ1n) is 47.0. The average Bonchev–Trinajstić information content (AvgIpc) is 1.67. The van der Waals surface area contributed by atoms with Crippen LogP contribution in [0.4, 0.5) is 5.69 Å². The summed E-state index contributed by atoms with van der Waals surface area (Å²) in [5.74, 6) is 8.10. The number of rotatable bonds is 17. The molecule has 17 rings (SSSR count). The molecule has 6 aromatic heterocycles. The number of aromatic amines is 2. The molecule has 0 unspecified atom stereocenters. The summed E-state index contributed by atoms with van der Waals surface area (Å²) in [4.78, 5) is 36.9. The first-order chi connectivity index (χ1) is 59.6. The van der Waals surface area contributed by atoms with Gasteiger partial charge in [-0.15, -0.1) is 11.3 Å². The summed E-state index contributed by atoms with van der Waals surface area (Å²) in [7, 11) is 0. The monoisotopic (exact) mass is 1710 g/mol. The Morgan fingerprint density at radius 3 is 1.41 bits per heavy atom. The Morgan fingerprint density at radius 1 is 0.444 bits per heavy atom. The Morgan fingerprint density at radius 2 is 0.976 bits per heavy atom. The fraction of sp³-hybridized carbons (Fsp3) is 0.547. The number of H-pyrrole nitrogens is 2. The van der Waals surface area contributed by atoms with Crippen LogP contribution in [0.25, 0.3) is 11.1 Å². The van der Waals surface area contributed by atoms with E-state index in [1.807, 2.05) is 54.8 Å². The number of nitrogens with one attached hydrogen (secondary N) is 3. The molecule has 0 atom stereocenters. The van der Waals surface area contributed by atoms with Gasteiger partial charge in [0.1, 0.15) is 17.0 Å². The van der Waals surface area contributed by atoms with Crippen molar-refractivity contribution in [3.8, 4) is 5.75 Å². The summed E-state index contributed by atoms with van der Waals surface area (Å²) in [6, 6.07) is 45.6. The number of likely N-dealkylation sites (tertiary alicyclic amines) is 3. The molecule has 0 aliphatic carbocycles. The Bertz CT molecular complexity index is 4280. The molecule has 17 nitrogen and oxygen atoms in total. The highest BCUT2D eigenvalue weighted by atomic mass is 32.1. The van der Waals surface area contributed by atoms with Gasteiger partial charge in [0.25, 0.3) is 0 Å². The van der Waals surface area contributed by atoms with Crippen molar-refractivity contribution in [2.24, 2.45) is 0 Å². The van der Waals surface area contributed by atoms with E-state index in [-0.39, 0.29) is 0 Å². The predicted molar refractivity (Wildman–Crippen MR) is 525 cm³/mol. The van der Waals surface area contributed by atoms with Crippen molar-refractivity contribution in [3.63, 3.8) is 0 Å². The summed E-state index contributed by atoms with van der Waals surface area (Å²) < 4.78 is 15.6. The van der Waals surface area contributed by atoms with Crippen molar-refractivity contribution < 1.29 is 13.6 Å². The van der Waals surface area contributed by atoms with E-state index in [9.17, 15) is 0 Å². The Hall–Kier alpha value is -8.62. The summed E-state index contributed by atoms with van der Waals surface area (Å²) in [6.45, 7) is 66.2. The summed E-state index contributed by atoms with van der Waals surface area (Å²) >= 11 is 1.72. The zero-order valence-electron chi connectivity index (χ0n) is 80.3. The van der Waals surface area contributed by atoms with Crippen molar-refractivity contribution >= 4 is 28.1 Å². The number of thiazole rings is 1. The van der Waals surface area contributed by atoms with Gasteiger partial charge in [-0.05, 0) is 264 Å². The normalized spacial score (nSPS) is 15.3. The summed E-state index contributed by atoms with van der Waals surface area (Å²) in [6.07, 6.45) is 29.7. The first kappa shape index (κ1) is 102. The van der Waals surface area contributed by atoms with Crippen LogP contribution in [0.5, 0.6) is 5.75 Å². The molecular weight excluding hydrogens is 1550 g/mol. The van der Waals surface area contributed by atoms with E-state index in [1.165, 1.54) is 201 Å². The van der Waals surface area contributed by atoms with Crippen LogP contribution in [-0.4, -0.2) is 157 Å². The molecule has 0 saturated carbocycles. The maximum atomic E-state index is 5.43. The molecule has 6 aliphatic rings. The van der Waals surface area contributed by atoms with Gasteiger partial charge in [0.15, 0.2) is 18.4 Å². The third-order valence-corrected chi connectivity index (χ3v) is 24.7. The zero-order valence-corrected chi connectivity index (χ0v) is 81.2. The van der Waals surface area contributed by atoms with Crippen LogP contribution in [0, 0.1) is 0 Å². The minimum Gasteiger partial charge on any atom is -0.493 e. The van der Waals surface area contributed by atoms with Gasteiger partial charge >= 0.3 is 0 Å². The minimum atomic E-state index is 0.456. The number of oxazole rings is 2. The molecule has 11 aromatic rings. The number of pyridine rings is 1. The molecule has 5 fully saturated rings. The smallest absolute Gasteiger partial charge is 0.181 e. The lowest BCUT2D eigenvalue weighted by Gasteiger charge is -2.34. The quantitative estimate of drug-likeness (QED) is 0.0785. The minimum absolute atomic E-state index is 0.456. The molecule has 0 spiro atoms. The molecule has 12 heterocycles. The van der Waals surface area contributed by atoms with Crippen molar-refractivity contribution in [3.05, 3.63) is 261 Å². The molecule has 18 heteroatoms. The molecule has 5 saturated heterocycles. The topological polar surface area (TPSA) is 173 Å². The predicted octanol–water partition coefficient (Wildman–Crippen LogP) is 26.0. The lowest BCUT2D eigenvalue weighted by atomic mass is 9.90. The zero-order chi connectivity index (χ0) is 89.7. The Balaban J connectivity index is 0.000000189. The fourth-order valence-corrected chi connectivity index (χ4v) is 15.6. The Kier molecular flexibility index (Phi) is 46.6. The number of aromatic nitrogens is 8. The highest BCUT2D eigenvalue weighted by Crippen LogP contribution is 2.31. The standard InChI is InChI=1S/C14H22N2.C14H21N.C13H20N2.C13H19N.C11H14O.C10H11NO.C7H15N.2C6H10N2.C6H9NO.C6H9NS/c1-12(2)14-5-3-13(4-6-14)11-16-9-7-15-8-10-16;1-12(2)14-7-5-13(6-8-14)11-15-9-3-4-10-15;1-11(2)15-8-5-12(6-9-15)13-4-3-7-14-10-13;1-11(2)12-5-7-13(8-6-12)14-9-3-4-10-14;1-8(2)9-3-4-11-10(7-9)5-6-12-11;1-7(2)8-3-4-10-9(5-8)11-6-12-10;1-7(2)8-5-3-4-6-8;1-5(2)6-3-7-4-8-6;1-5(2)6-3-7-8-4-6;2*1-5(2)6-3-7-4-8-6/h3-6,12,15H,7-11H2,1-2H3;5-8,12H,3-4,9-11H2,1-2H3;3-4,7,10-12H,5-6,8-9H2,1-2H3;5-8,11H,3-4,9-10H2,1-2H3;3-4,7-8H,5-6H2,1-2H3;3-7H,1-2H3;7H,3-6H2,1-2H3;2*3-5H,1-2H3,(H,7,8);2*3-5H,1-2H3. The molecule has 0 bridgehead atoms. The van der Waals surface area contributed by atoms with E-state index < -0.39 is 0 Å². The molecule has 0 radical (unpaired) electrons. The van der Waals surface area contributed by atoms with E-state index in [4.69, 9.17) is 13.6 Å². The van der Waals surface area contributed by atoms with Crippen LogP contribution >= 0.6 is 11.3 Å². The number of fused-ring (bicyclic) bond motifs is 2. The van der Waals surface area contributed by atoms with Crippen LogP contribution < -0.4 is 15.0 Å². The van der Waals surface area contributed by atoms with Gasteiger partial charge in [0.05, 0.1) is 30.8 Å². The number of imidazole rings is 1. The molecule has 0 amide bonds. The van der Waals surface area contributed by atoms with E-state index in [0.29, 0.717) is 59.3 Å². The van der Waals surface area contributed by atoms with E-state index in [0.717, 1.165) is 73.8 Å². The number of piperazine rings is 1. The highest BCUT2D eigenvalue weighted by molar-refractivity contribution is 7.09. The van der Waals surface area contributed by atoms with E-state index in [2.05, 4.69) is 331 Å². The van der Waals surface area contributed by atoms with Crippen molar-refractivity contribution in [2.45, 2.75) is 294 Å². The second-order valence-corrected chi connectivity index (χ2v) is 38.0. The molecule has 5 aromatic carbocycles. The van der Waals surface area contributed by atoms with Gasteiger partial charge in [-0.1, -0.05) is 210 Å². The SMILES string of the molecule is CC(C)N1CCC(c2cccnc2)CC1.CC(C)N1CCCC1.CC(C)c1ccc(CN2CCCC2)cc1.CC(C)c1ccc(CN2CCNCC2)cc1.CC(C)c1ccc(N2CCCC2)cc1.CC(C)c1ccc2c(c1)CCO2.CC(C)c1ccc2ocnc2c1.CC(C)c1cn[nH]c1.CC(C)c1cnc[nH]1.CC(C)c1cnco1.CC(C)c1cncs1. The van der Waals surface area contributed by atoms with E-state index in [1.54, 1.807) is 23.9 Å². The van der Waals surface area contributed by atoms with Gasteiger partial charge in [0.2, 0.25) is 0 Å². The van der Waals surface area contributed by atoms with Crippen molar-refractivity contribution in [2.75, 3.05) is 90.0 Å². The second kappa shape index (κ2) is 56.5. The second-order valence-electron chi connectivity index (χ2n) is 37.1. The molecule has 6 aliphatic heterocycles. The molecule has 124 heavy (non-hydrogen) atoms. The van der Waals surface area contributed by atoms with Crippen LogP contribution in [-0.2, 0) is 19.5 Å². The van der Waals surface area contributed by atoms with Crippen LogP contribution in [0.2, 0.25) is 0 Å². The largest absolute Gasteiger partial charge is 0.493 e. The number of anilines is 1. The number of nitrogens with zero attached hydrogens (tertiary/aromatic N) is 11. The van der Waals surface area contributed by atoms with Gasteiger partial charge in [0, 0.05) is 124 Å². The first-order valence-corrected chi connectivity index (χ1v) is 47.9. The molecule has 678 valence electrons. The number of hydrogen-bond donors (Lipinski definition) is 3.